The molecule has 0 N–H and O–H groups in total. The van der Waals surface area contributed by atoms with Crippen molar-refractivity contribution < 1.29 is 9.21 Å². The van der Waals surface area contributed by atoms with Crippen molar-refractivity contribution in [3.63, 3.8) is 0 Å². The molecule has 2 aromatic rings. The zero-order valence-corrected chi connectivity index (χ0v) is 15.6. The van der Waals surface area contributed by atoms with Crippen molar-refractivity contribution in [2.75, 3.05) is 4.90 Å². The Labute approximate surface area is 159 Å². The van der Waals surface area contributed by atoms with Gasteiger partial charge in [0.2, 0.25) is 5.91 Å². The molecule has 0 aliphatic heterocycles. The quantitative estimate of drug-likeness (QED) is 0.694. The Balaban J connectivity index is 1.51. The largest absolute Gasteiger partial charge is 0.467 e. The number of furan rings is 1. The molecule has 0 atom stereocenters. The number of hydrogen-bond donors (Lipinski definition) is 0. The van der Waals surface area contributed by atoms with Crippen LogP contribution in [-0.4, -0.2) is 5.91 Å². The lowest BCUT2D eigenvalue weighted by atomic mass is 9.49. The monoisotopic (exact) mass is 369 g/mol. The van der Waals surface area contributed by atoms with E-state index in [-0.39, 0.29) is 11.3 Å². The van der Waals surface area contributed by atoms with E-state index in [0.717, 1.165) is 48.5 Å². The molecule has 26 heavy (non-hydrogen) atoms. The summed E-state index contributed by atoms with van der Waals surface area (Å²) in [5.74, 6) is 3.32. The molecule has 4 bridgehead atoms. The first-order valence-electron chi connectivity index (χ1n) is 9.71. The number of carbonyl (C=O) groups is 1. The highest BCUT2D eigenvalue weighted by molar-refractivity contribution is 6.30. The molecule has 4 heteroatoms. The minimum atomic E-state index is -0.177. The Morgan fingerprint density at radius 3 is 2.35 bits per heavy atom. The van der Waals surface area contributed by atoms with Crippen LogP contribution in [0, 0.1) is 23.2 Å². The first-order valence-corrected chi connectivity index (χ1v) is 10.1. The predicted molar refractivity (Wildman–Crippen MR) is 102 cm³/mol. The lowest BCUT2D eigenvalue weighted by Crippen LogP contribution is -2.54. The third-order valence-electron chi connectivity index (χ3n) is 6.75. The molecule has 4 aliphatic carbocycles. The fourth-order valence-corrected chi connectivity index (χ4v) is 6.33. The lowest BCUT2D eigenvalue weighted by Gasteiger charge is -2.56. The molecule has 0 radical (unpaired) electrons. The van der Waals surface area contributed by atoms with E-state index in [2.05, 4.69) is 0 Å². The van der Waals surface area contributed by atoms with Crippen LogP contribution in [0.4, 0.5) is 5.69 Å². The van der Waals surface area contributed by atoms with Gasteiger partial charge in [-0.2, -0.15) is 0 Å². The average Bonchev–Trinajstić information content (AvgIpc) is 3.11. The standard InChI is InChI=1S/C22H24ClNO2/c23-18-3-1-4-19(10-18)24(14-20-5-2-6-26-20)21(25)22-11-15-7-16(12-22)9-17(8-15)13-22/h1-6,10,15-17H,7-9,11-14H2. The Kier molecular flexibility index (Phi) is 3.89. The second kappa shape index (κ2) is 6.16. The molecule has 6 rings (SSSR count). The molecule has 1 aromatic heterocycles. The second-order valence-corrected chi connectivity index (χ2v) is 9.08. The Morgan fingerprint density at radius 1 is 1.08 bits per heavy atom. The van der Waals surface area contributed by atoms with Crippen LogP contribution in [0.5, 0.6) is 0 Å². The number of nitrogens with zero attached hydrogens (tertiary/aromatic N) is 1. The van der Waals surface area contributed by atoms with Crippen LogP contribution in [0.3, 0.4) is 0 Å². The Morgan fingerprint density at radius 2 is 1.77 bits per heavy atom. The minimum absolute atomic E-state index is 0.177. The smallest absolute Gasteiger partial charge is 0.233 e. The highest BCUT2D eigenvalue weighted by Gasteiger charge is 2.55. The van der Waals surface area contributed by atoms with Crippen molar-refractivity contribution in [1.82, 2.24) is 0 Å². The number of amides is 1. The van der Waals surface area contributed by atoms with E-state index in [1.165, 1.54) is 19.3 Å². The average molecular weight is 370 g/mol. The van der Waals surface area contributed by atoms with Crippen molar-refractivity contribution in [3.05, 3.63) is 53.4 Å². The molecule has 4 saturated carbocycles. The van der Waals surface area contributed by atoms with Gasteiger partial charge in [0.25, 0.3) is 0 Å². The molecule has 3 nitrogen and oxygen atoms in total. The molecule has 1 heterocycles. The maximum Gasteiger partial charge on any atom is 0.233 e. The van der Waals surface area contributed by atoms with E-state index in [4.69, 9.17) is 16.0 Å². The predicted octanol–water partition coefficient (Wildman–Crippen LogP) is 5.68. The fraction of sp³-hybridized carbons (Fsp3) is 0.500. The highest BCUT2D eigenvalue weighted by atomic mass is 35.5. The summed E-state index contributed by atoms with van der Waals surface area (Å²) in [7, 11) is 0. The van der Waals surface area contributed by atoms with Crippen LogP contribution >= 0.6 is 11.6 Å². The summed E-state index contributed by atoms with van der Waals surface area (Å²) in [6.45, 7) is 0.466. The second-order valence-electron chi connectivity index (χ2n) is 8.65. The molecule has 4 aliphatic rings. The highest BCUT2D eigenvalue weighted by Crippen LogP contribution is 2.60. The van der Waals surface area contributed by atoms with Gasteiger partial charge in [-0.3, -0.25) is 4.79 Å². The molecule has 1 amide bonds. The van der Waals surface area contributed by atoms with Gasteiger partial charge < -0.3 is 9.32 Å². The van der Waals surface area contributed by atoms with Gasteiger partial charge in [-0.15, -0.1) is 0 Å². The van der Waals surface area contributed by atoms with E-state index >= 15 is 0 Å². The number of benzene rings is 1. The first kappa shape index (κ1) is 16.4. The summed E-state index contributed by atoms with van der Waals surface area (Å²) >= 11 is 6.23. The molecular weight excluding hydrogens is 346 g/mol. The summed E-state index contributed by atoms with van der Waals surface area (Å²) < 4.78 is 5.56. The van der Waals surface area contributed by atoms with E-state index < -0.39 is 0 Å². The molecule has 136 valence electrons. The van der Waals surface area contributed by atoms with E-state index in [1.807, 2.05) is 41.3 Å². The Bertz CT molecular complexity index is 778. The van der Waals surface area contributed by atoms with Crippen molar-refractivity contribution in [1.29, 1.82) is 0 Å². The Hall–Kier alpha value is -1.74. The summed E-state index contributed by atoms with van der Waals surface area (Å²) in [6.07, 6.45) is 8.86. The summed E-state index contributed by atoms with van der Waals surface area (Å²) in [5.41, 5.74) is 0.693. The van der Waals surface area contributed by atoms with Crippen molar-refractivity contribution in [2.24, 2.45) is 23.2 Å². The zero-order valence-electron chi connectivity index (χ0n) is 14.9. The summed E-state index contributed by atoms with van der Waals surface area (Å²) in [4.78, 5) is 15.8. The van der Waals surface area contributed by atoms with Gasteiger partial charge in [0.15, 0.2) is 0 Å². The van der Waals surface area contributed by atoms with Gasteiger partial charge in [0, 0.05) is 10.7 Å². The topological polar surface area (TPSA) is 33.5 Å². The number of carbonyl (C=O) groups excluding carboxylic acids is 1. The third-order valence-corrected chi connectivity index (χ3v) is 6.99. The van der Waals surface area contributed by atoms with Crippen LogP contribution in [0.25, 0.3) is 0 Å². The van der Waals surface area contributed by atoms with Crippen LogP contribution < -0.4 is 4.90 Å². The lowest BCUT2D eigenvalue weighted by molar-refractivity contribution is -0.143. The van der Waals surface area contributed by atoms with Gasteiger partial charge in [0.1, 0.15) is 5.76 Å². The van der Waals surface area contributed by atoms with E-state index in [0.29, 0.717) is 11.6 Å². The third kappa shape index (κ3) is 2.77. The van der Waals surface area contributed by atoms with Crippen molar-refractivity contribution in [3.8, 4) is 0 Å². The van der Waals surface area contributed by atoms with Crippen molar-refractivity contribution >= 4 is 23.2 Å². The number of halogens is 1. The van der Waals surface area contributed by atoms with Gasteiger partial charge >= 0.3 is 0 Å². The number of rotatable bonds is 4. The summed E-state index contributed by atoms with van der Waals surface area (Å²) in [5, 5.41) is 0.658. The van der Waals surface area contributed by atoms with Crippen LogP contribution in [0.15, 0.2) is 47.1 Å². The van der Waals surface area contributed by atoms with Gasteiger partial charge in [-0.1, -0.05) is 17.7 Å². The maximum absolute atomic E-state index is 13.9. The van der Waals surface area contributed by atoms with Gasteiger partial charge in [0.05, 0.1) is 18.2 Å². The molecule has 1 aromatic carbocycles. The molecule has 4 fully saturated rings. The molecule has 0 saturated heterocycles. The van der Waals surface area contributed by atoms with E-state index in [9.17, 15) is 4.79 Å². The van der Waals surface area contributed by atoms with Crippen LogP contribution in [0.2, 0.25) is 5.02 Å². The summed E-state index contributed by atoms with van der Waals surface area (Å²) in [6, 6.07) is 11.5. The van der Waals surface area contributed by atoms with Crippen molar-refractivity contribution in [2.45, 2.75) is 45.1 Å². The first-order chi connectivity index (χ1) is 12.6. The fourth-order valence-electron chi connectivity index (χ4n) is 6.14. The van der Waals surface area contributed by atoms with E-state index in [1.54, 1.807) is 6.26 Å². The molecule has 0 unspecified atom stereocenters. The SMILES string of the molecule is O=C(N(Cc1ccco1)c1cccc(Cl)c1)C12CC3CC(CC(C3)C1)C2. The van der Waals surface area contributed by atoms with Crippen LogP contribution in [0.1, 0.15) is 44.3 Å². The molecule has 0 spiro atoms. The normalized spacial score (nSPS) is 32.0. The number of hydrogen-bond acceptors (Lipinski definition) is 2. The van der Waals surface area contributed by atoms with Gasteiger partial charge in [-0.05, 0) is 86.6 Å². The number of anilines is 1. The van der Waals surface area contributed by atoms with Gasteiger partial charge in [-0.25, -0.2) is 0 Å². The zero-order chi connectivity index (χ0) is 17.7. The van der Waals surface area contributed by atoms with Crippen LogP contribution in [-0.2, 0) is 11.3 Å². The molecular formula is C22H24ClNO2. The maximum atomic E-state index is 13.9. The minimum Gasteiger partial charge on any atom is -0.467 e.